The van der Waals surface area contributed by atoms with E-state index in [4.69, 9.17) is 0 Å². The van der Waals surface area contributed by atoms with Crippen molar-refractivity contribution in [1.82, 2.24) is 0 Å². The molecule has 0 unspecified atom stereocenters. The van der Waals surface area contributed by atoms with Crippen LogP contribution in [0.2, 0.25) is 0 Å². The Bertz CT molecular complexity index is 147. The van der Waals surface area contributed by atoms with Crippen molar-refractivity contribution in [3.8, 4) is 0 Å². The fourth-order valence-corrected chi connectivity index (χ4v) is 0.354. The smallest absolute Gasteiger partial charge is 0.0398 e. The van der Waals surface area contributed by atoms with E-state index >= 15 is 0 Å². The minimum atomic E-state index is 1.16. The Morgan fingerprint density at radius 2 is 1.64 bits per heavy atom. The van der Waals surface area contributed by atoms with Gasteiger partial charge in [0.25, 0.3) is 0 Å². The Balaban J connectivity index is 0. The lowest BCUT2D eigenvalue weighted by molar-refractivity contribution is 1.50. The van der Waals surface area contributed by atoms with Gasteiger partial charge in [0.15, 0.2) is 0 Å². The minimum absolute atomic E-state index is 1.16. The van der Waals surface area contributed by atoms with Crippen LogP contribution in [-0.2, 0) is 0 Å². The van der Waals surface area contributed by atoms with E-state index in [2.05, 4.69) is 13.2 Å². The molecule has 0 aliphatic heterocycles. The minimum Gasteiger partial charge on any atom is -0.0991 e. The summed E-state index contributed by atoms with van der Waals surface area (Å²) in [5.74, 6) is 0. The van der Waals surface area contributed by atoms with Crippen molar-refractivity contribution in [2.24, 2.45) is 0 Å². The Morgan fingerprint density at radius 3 is 2.00 bits per heavy atom. The Morgan fingerprint density at radius 1 is 1.09 bits per heavy atom. The lowest BCUT2D eigenvalue weighted by atomic mass is 10.3. The van der Waals surface area contributed by atoms with Crippen molar-refractivity contribution >= 4 is 0 Å². The monoisotopic (exact) mass is 150 g/mol. The molecule has 0 radical (unpaired) electrons. The van der Waals surface area contributed by atoms with Crippen molar-refractivity contribution in [2.75, 3.05) is 0 Å². The molecule has 0 N–H and O–H groups in total. The molecular formula is C11H18. The highest BCUT2D eigenvalue weighted by Gasteiger charge is 1.70. The molecule has 11 heavy (non-hydrogen) atoms. The maximum atomic E-state index is 3.61. The highest BCUT2D eigenvalue weighted by Crippen LogP contribution is 1.91. The molecule has 0 heteroatoms. The predicted octanol–water partition coefficient (Wildman–Crippen LogP) is 3.89. The van der Waals surface area contributed by atoms with Crippen molar-refractivity contribution in [3.05, 3.63) is 49.1 Å². The topological polar surface area (TPSA) is 0 Å². The van der Waals surface area contributed by atoms with Gasteiger partial charge in [-0.05, 0) is 6.92 Å². The molecule has 0 atom stereocenters. The lowest BCUT2D eigenvalue weighted by Gasteiger charge is -1.81. The number of allylic oxidation sites excluding steroid dienone is 6. The van der Waals surface area contributed by atoms with E-state index in [0.29, 0.717) is 0 Å². The molecule has 0 rings (SSSR count). The average Bonchev–Trinajstić information content (AvgIpc) is 2.08. The van der Waals surface area contributed by atoms with Crippen LogP contribution in [0.5, 0.6) is 0 Å². The van der Waals surface area contributed by atoms with Gasteiger partial charge < -0.3 is 0 Å². The normalized spacial score (nSPS) is 10.3. The van der Waals surface area contributed by atoms with Crippen LogP contribution in [0.15, 0.2) is 49.1 Å². The standard InChI is InChI=1S/C9H12.C2H6/c1-4-6-7-8-9(3)5-2;1-2/h4-8H,1-2H2,3H3;1-2H3/b7-6-,9-8-;. The lowest BCUT2D eigenvalue weighted by Crippen LogP contribution is -1.60. The largest absolute Gasteiger partial charge is 0.0991 e. The summed E-state index contributed by atoms with van der Waals surface area (Å²) in [6.07, 6.45) is 9.35. The molecule has 0 aromatic rings. The van der Waals surface area contributed by atoms with Gasteiger partial charge in [-0.15, -0.1) is 0 Å². The summed E-state index contributed by atoms with van der Waals surface area (Å²) in [6.45, 7) is 13.2. The Labute approximate surface area is 70.6 Å². The molecule has 0 aliphatic carbocycles. The second-order valence-corrected chi connectivity index (χ2v) is 1.74. The summed E-state index contributed by atoms with van der Waals surface area (Å²) >= 11 is 0. The first-order chi connectivity index (χ1) is 5.31. The quantitative estimate of drug-likeness (QED) is 0.535. The summed E-state index contributed by atoms with van der Waals surface area (Å²) in [6, 6.07) is 0. The average molecular weight is 150 g/mol. The zero-order valence-corrected chi connectivity index (χ0v) is 7.80. The van der Waals surface area contributed by atoms with E-state index in [0.717, 1.165) is 5.57 Å². The first-order valence-corrected chi connectivity index (χ1v) is 3.89. The van der Waals surface area contributed by atoms with Crippen molar-refractivity contribution in [2.45, 2.75) is 20.8 Å². The molecule has 0 saturated heterocycles. The Kier molecular flexibility index (Phi) is 13.4. The number of hydrogen-bond donors (Lipinski definition) is 0. The molecule has 0 spiro atoms. The van der Waals surface area contributed by atoms with Gasteiger partial charge in [-0.1, -0.05) is 63.0 Å². The Hall–Kier alpha value is -1.04. The van der Waals surface area contributed by atoms with Gasteiger partial charge in [0.1, 0.15) is 0 Å². The highest BCUT2D eigenvalue weighted by atomic mass is 13.8. The van der Waals surface area contributed by atoms with Gasteiger partial charge in [-0.2, -0.15) is 0 Å². The van der Waals surface area contributed by atoms with Gasteiger partial charge in [0.2, 0.25) is 0 Å². The van der Waals surface area contributed by atoms with Crippen LogP contribution in [0, 0.1) is 0 Å². The highest BCUT2D eigenvalue weighted by molar-refractivity contribution is 5.21. The molecule has 0 bridgehead atoms. The molecule has 0 aromatic carbocycles. The van der Waals surface area contributed by atoms with E-state index in [1.54, 1.807) is 6.08 Å². The van der Waals surface area contributed by atoms with E-state index in [9.17, 15) is 0 Å². The molecule has 0 fully saturated rings. The summed E-state index contributed by atoms with van der Waals surface area (Å²) in [5.41, 5.74) is 1.16. The number of hydrogen-bond acceptors (Lipinski definition) is 0. The first kappa shape index (κ1) is 12.6. The van der Waals surface area contributed by atoms with Gasteiger partial charge in [-0.3, -0.25) is 0 Å². The van der Waals surface area contributed by atoms with Crippen LogP contribution >= 0.6 is 0 Å². The third-order valence-corrected chi connectivity index (χ3v) is 0.928. The molecule has 0 aliphatic rings. The third kappa shape index (κ3) is 12.2. The number of rotatable bonds is 3. The van der Waals surface area contributed by atoms with E-state index in [-0.39, 0.29) is 0 Å². The molecule has 0 nitrogen and oxygen atoms in total. The van der Waals surface area contributed by atoms with Gasteiger partial charge in [0.05, 0.1) is 0 Å². The van der Waals surface area contributed by atoms with Crippen molar-refractivity contribution in [1.29, 1.82) is 0 Å². The van der Waals surface area contributed by atoms with Crippen LogP contribution in [-0.4, -0.2) is 0 Å². The SMILES string of the molecule is C=C/C=C\C=C(\C)C=C.CC. The zero-order valence-electron chi connectivity index (χ0n) is 7.80. The van der Waals surface area contributed by atoms with Crippen LogP contribution in [0.4, 0.5) is 0 Å². The van der Waals surface area contributed by atoms with Crippen LogP contribution in [0.3, 0.4) is 0 Å². The maximum absolute atomic E-state index is 3.61. The summed E-state index contributed by atoms with van der Waals surface area (Å²) in [5, 5.41) is 0. The second kappa shape index (κ2) is 11.7. The third-order valence-electron chi connectivity index (χ3n) is 0.928. The molecule has 62 valence electrons. The maximum Gasteiger partial charge on any atom is -0.0398 e. The fraction of sp³-hybridized carbons (Fsp3) is 0.273. The summed E-state index contributed by atoms with van der Waals surface area (Å²) < 4.78 is 0. The first-order valence-electron chi connectivity index (χ1n) is 3.89. The van der Waals surface area contributed by atoms with Gasteiger partial charge >= 0.3 is 0 Å². The summed E-state index contributed by atoms with van der Waals surface area (Å²) in [4.78, 5) is 0. The fourth-order valence-electron chi connectivity index (χ4n) is 0.354. The molecular weight excluding hydrogens is 132 g/mol. The van der Waals surface area contributed by atoms with Crippen molar-refractivity contribution < 1.29 is 0 Å². The summed E-state index contributed by atoms with van der Waals surface area (Å²) in [7, 11) is 0. The van der Waals surface area contributed by atoms with Crippen molar-refractivity contribution in [3.63, 3.8) is 0 Å². The molecule has 0 aromatic heterocycles. The van der Waals surface area contributed by atoms with E-state index < -0.39 is 0 Å². The van der Waals surface area contributed by atoms with E-state index in [1.807, 2.05) is 45.1 Å². The van der Waals surface area contributed by atoms with Crippen LogP contribution in [0.1, 0.15) is 20.8 Å². The molecule has 0 saturated carbocycles. The van der Waals surface area contributed by atoms with Gasteiger partial charge in [-0.25, -0.2) is 0 Å². The van der Waals surface area contributed by atoms with Gasteiger partial charge in [0, 0.05) is 0 Å². The second-order valence-electron chi connectivity index (χ2n) is 1.74. The predicted molar refractivity (Wildman–Crippen MR) is 54.6 cm³/mol. The van der Waals surface area contributed by atoms with E-state index in [1.165, 1.54) is 0 Å². The zero-order chi connectivity index (χ0) is 9.11. The van der Waals surface area contributed by atoms with Crippen LogP contribution in [0.25, 0.3) is 0 Å². The van der Waals surface area contributed by atoms with Crippen LogP contribution < -0.4 is 0 Å². The molecule has 0 amide bonds. The molecule has 0 heterocycles.